The lowest BCUT2D eigenvalue weighted by Crippen LogP contribution is -2.28. The van der Waals surface area contributed by atoms with Gasteiger partial charge >= 0.3 is 6.09 Å². The minimum atomic E-state index is -1.09. The molecule has 0 radical (unpaired) electrons. The number of rotatable bonds is 4. The van der Waals surface area contributed by atoms with Gasteiger partial charge in [0.05, 0.1) is 28.7 Å². The van der Waals surface area contributed by atoms with Crippen molar-refractivity contribution >= 4 is 50.5 Å². The highest BCUT2D eigenvalue weighted by atomic mass is 35.5. The number of aromatic nitrogens is 1. The maximum absolute atomic E-state index is 11.8. The topological polar surface area (TPSA) is 66.6 Å². The number of fused-ring (bicyclic) bond motifs is 1. The number of hydrogen-bond acceptors (Lipinski definition) is 4. The number of carbonyl (C=O) groups is 1. The van der Waals surface area contributed by atoms with Gasteiger partial charge in [-0.15, -0.1) is 11.3 Å². The van der Waals surface area contributed by atoms with E-state index in [0.29, 0.717) is 17.0 Å². The fourth-order valence-electron chi connectivity index (χ4n) is 2.55. The van der Waals surface area contributed by atoms with Crippen LogP contribution in [0.2, 0.25) is 5.15 Å². The second-order valence-electron chi connectivity index (χ2n) is 5.43. The van der Waals surface area contributed by atoms with Gasteiger partial charge in [-0.1, -0.05) is 18.2 Å². The van der Waals surface area contributed by atoms with Crippen LogP contribution in [0.3, 0.4) is 0 Å². The van der Waals surface area contributed by atoms with E-state index in [1.165, 1.54) is 22.5 Å². The van der Waals surface area contributed by atoms with Crippen molar-refractivity contribution in [1.82, 2.24) is 4.98 Å². The number of nitrogens with zero attached hydrogens (tertiary/aromatic N) is 2. The third kappa shape index (κ3) is 2.90. The second-order valence-corrected chi connectivity index (χ2v) is 6.83. The Labute approximate surface area is 147 Å². The molecule has 7 heteroatoms. The van der Waals surface area contributed by atoms with Crippen molar-refractivity contribution < 1.29 is 14.3 Å². The van der Waals surface area contributed by atoms with E-state index in [9.17, 15) is 9.90 Å². The van der Waals surface area contributed by atoms with E-state index in [0.717, 1.165) is 20.7 Å². The van der Waals surface area contributed by atoms with Crippen LogP contribution in [0.4, 0.5) is 10.5 Å². The molecule has 3 aromatic rings. The second kappa shape index (κ2) is 6.30. The van der Waals surface area contributed by atoms with Gasteiger partial charge in [0.1, 0.15) is 10.9 Å². The van der Waals surface area contributed by atoms with Crippen LogP contribution in [-0.2, 0) is 6.54 Å². The highest BCUT2D eigenvalue weighted by molar-refractivity contribution is 7.20. The highest BCUT2D eigenvalue weighted by Crippen LogP contribution is 2.40. The Bertz CT molecular complexity index is 931. The van der Waals surface area contributed by atoms with Crippen LogP contribution < -0.4 is 4.90 Å². The number of hydrogen-bond donors (Lipinski definition) is 1. The predicted octanol–water partition coefficient (Wildman–Crippen LogP) is 5.57. The molecule has 1 amide bonds. The van der Waals surface area contributed by atoms with Gasteiger partial charge in [0.2, 0.25) is 0 Å². The van der Waals surface area contributed by atoms with Gasteiger partial charge in [-0.05, 0) is 37.1 Å². The standard InChI is InChI=1S/C17H15ClN2O3S/c1-9(2)15-10(3)14-16(24-15)12(7-13(18)19-14)20(17(21)22)8-11-5-4-6-23-11/h4-7H,1,8H2,2-3H3,(H,21,22). The fraction of sp³-hybridized carbons (Fsp3) is 0.176. The van der Waals surface area contributed by atoms with Gasteiger partial charge in [0.15, 0.2) is 0 Å². The lowest BCUT2D eigenvalue weighted by atomic mass is 10.1. The molecule has 0 aromatic carbocycles. The summed E-state index contributed by atoms with van der Waals surface area (Å²) in [6, 6.07) is 5.02. The monoisotopic (exact) mass is 362 g/mol. The summed E-state index contributed by atoms with van der Waals surface area (Å²) in [5.74, 6) is 0.548. The summed E-state index contributed by atoms with van der Waals surface area (Å²) in [6.45, 7) is 7.93. The summed E-state index contributed by atoms with van der Waals surface area (Å²) in [7, 11) is 0. The molecule has 0 bridgehead atoms. The largest absolute Gasteiger partial charge is 0.467 e. The van der Waals surface area contributed by atoms with Crippen LogP contribution in [0.5, 0.6) is 0 Å². The average Bonchev–Trinajstić information content (AvgIpc) is 3.12. The first kappa shape index (κ1) is 16.5. The van der Waals surface area contributed by atoms with Crippen LogP contribution in [0.25, 0.3) is 15.8 Å². The van der Waals surface area contributed by atoms with Gasteiger partial charge < -0.3 is 9.52 Å². The summed E-state index contributed by atoms with van der Waals surface area (Å²) in [5.41, 5.74) is 3.06. The lowest BCUT2D eigenvalue weighted by molar-refractivity contribution is 0.201. The van der Waals surface area contributed by atoms with Crippen LogP contribution in [0.1, 0.15) is 23.1 Å². The van der Waals surface area contributed by atoms with Crippen molar-refractivity contribution in [3.05, 3.63) is 52.4 Å². The van der Waals surface area contributed by atoms with Crippen LogP contribution >= 0.6 is 22.9 Å². The summed E-state index contributed by atoms with van der Waals surface area (Å²) < 4.78 is 6.05. The Morgan fingerprint density at radius 2 is 2.29 bits per heavy atom. The zero-order chi connectivity index (χ0) is 17.4. The molecular weight excluding hydrogens is 348 g/mol. The first-order valence-electron chi connectivity index (χ1n) is 7.17. The Kier molecular flexibility index (Phi) is 4.34. The van der Waals surface area contributed by atoms with E-state index in [4.69, 9.17) is 16.0 Å². The molecule has 3 heterocycles. The van der Waals surface area contributed by atoms with Crippen LogP contribution in [0.15, 0.2) is 35.5 Å². The predicted molar refractivity (Wildman–Crippen MR) is 97.0 cm³/mol. The number of allylic oxidation sites excluding steroid dienone is 1. The Hall–Kier alpha value is -2.31. The highest BCUT2D eigenvalue weighted by Gasteiger charge is 2.23. The van der Waals surface area contributed by atoms with Gasteiger partial charge in [0, 0.05) is 10.9 Å². The summed E-state index contributed by atoms with van der Waals surface area (Å²) in [6.07, 6.45) is 0.428. The molecule has 1 N–H and O–H groups in total. The third-order valence-corrected chi connectivity index (χ3v) is 5.28. The van der Waals surface area contributed by atoms with Crippen molar-refractivity contribution in [3.63, 3.8) is 0 Å². The Morgan fingerprint density at radius 3 is 2.88 bits per heavy atom. The van der Waals surface area contributed by atoms with Gasteiger partial charge in [-0.25, -0.2) is 9.78 Å². The van der Waals surface area contributed by atoms with Gasteiger partial charge in [-0.3, -0.25) is 4.90 Å². The third-order valence-electron chi connectivity index (χ3n) is 3.63. The molecular formula is C17H15ClN2O3S. The summed E-state index contributed by atoms with van der Waals surface area (Å²) in [4.78, 5) is 18.4. The number of anilines is 1. The molecule has 3 aromatic heterocycles. The number of aryl methyl sites for hydroxylation is 1. The average molecular weight is 363 g/mol. The molecule has 0 atom stereocenters. The van der Waals surface area contributed by atoms with Crippen molar-refractivity contribution in [2.75, 3.05) is 4.90 Å². The molecule has 124 valence electrons. The molecule has 0 fully saturated rings. The van der Waals surface area contributed by atoms with Crippen LogP contribution in [0, 0.1) is 6.92 Å². The van der Waals surface area contributed by atoms with Crippen molar-refractivity contribution in [2.45, 2.75) is 20.4 Å². The fourth-order valence-corrected chi connectivity index (χ4v) is 3.94. The summed E-state index contributed by atoms with van der Waals surface area (Å²) in [5, 5.41) is 9.92. The summed E-state index contributed by atoms with van der Waals surface area (Å²) >= 11 is 7.61. The molecule has 0 aliphatic heterocycles. The SMILES string of the molecule is C=C(C)c1sc2c(N(Cc3ccco3)C(=O)O)cc(Cl)nc2c1C. The van der Waals surface area contributed by atoms with E-state index >= 15 is 0 Å². The number of thiophene rings is 1. The molecule has 0 aliphatic carbocycles. The van der Waals surface area contributed by atoms with Crippen molar-refractivity contribution in [1.29, 1.82) is 0 Å². The molecule has 0 aliphatic rings. The van der Waals surface area contributed by atoms with E-state index < -0.39 is 6.09 Å². The Morgan fingerprint density at radius 1 is 1.54 bits per heavy atom. The molecule has 0 unspecified atom stereocenters. The minimum absolute atomic E-state index is 0.0944. The lowest BCUT2D eigenvalue weighted by Gasteiger charge is -2.19. The number of furan rings is 1. The molecule has 0 saturated carbocycles. The first-order chi connectivity index (χ1) is 11.4. The van der Waals surface area contributed by atoms with Gasteiger partial charge in [0.25, 0.3) is 0 Å². The molecule has 24 heavy (non-hydrogen) atoms. The minimum Gasteiger partial charge on any atom is -0.467 e. The number of amides is 1. The maximum atomic E-state index is 11.8. The molecule has 0 spiro atoms. The van der Waals surface area contributed by atoms with Gasteiger partial charge in [-0.2, -0.15) is 0 Å². The number of halogens is 1. The number of pyridine rings is 1. The van der Waals surface area contributed by atoms with Crippen molar-refractivity contribution in [3.8, 4) is 0 Å². The zero-order valence-electron chi connectivity index (χ0n) is 13.2. The van der Waals surface area contributed by atoms with E-state index in [-0.39, 0.29) is 11.7 Å². The quantitative estimate of drug-likeness (QED) is 0.616. The smallest absolute Gasteiger partial charge is 0.412 e. The Balaban J connectivity index is 2.20. The zero-order valence-corrected chi connectivity index (χ0v) is 14.7. The maximum Gasteiger partial charge on any atom is 0.412 e. The van der Waals surface area contributed by atoms with E-state index in [1.54, 1.807) is 18.2 Å². The normalized spacial score (nSPS) is 11.0. The first-order valence-corrected chi connectivity index (χ1v) is 8.36. The van der Waals surface area contributed by atoms with E-state index in [2.05, 4.69) is 11.6 Å². The number of carboxylic acid groups (broad SMARTS) is 1. The molecule has 5 nitrogen and oxygen atoms in total. The van der Waals surface area contributed by atoms with Crippen LogP contribution in [-0.4, -0.2) is 16.2 Å². The van der Waals surface area contributed by atoms with E-state index in [1.807, 2.05) is 13.8 Å². The molecule has 3 rings (SSSR count). The van der Waals surface area contributed by atoms with Crippen molar-refractivity contribution in [2.24, 2.45) is 0 Å². The molecule has 0 saturated heterocycles.